The predicted molar refractivity (Wildman–Crippen MR) is 130 cm³/mol. The van der Waals surface area contributed by atoms with Gasteiger partial charge < -0.3 is 14.2 Å². The summed E-state index contributed by atoms with van der Waals surface area (Å²) in [6.45, 7) is 3.00. The normalized spacial score (nSPS) is 20.3. The monoisotopic (exact) mass is 479 g/mol. The maximum absolute atomic E-state index is 12.8. The molecule has 0 amide bonds. The van der Waals surface area contributed by atoms with E-state index < -0.39 is 22.4 Å². The Morgan fingerprint density at radius 1 is 0.824 bits per heavy atom. The van der Waals surface area contributed by atoms with Gasteiger partial charge in [0, 0.05) is 0 Å². The molecule has 3 aromatic rings. The van der Waals surface area contributed by atoms with E-state index in [1.807, 2.05) is 73.7 Å². The van der Waals surface area contributed by atoms with Crippen molar-refractivity contribution in [3.05, 3.63) is 114 Å². The molecule has 6 nitrogen and oxygen atoms in total. The van der Waals surface area contributed by atoms with Crippen LogP contribution in [-0.4, -0.2) is 33.5 Å². The summed E-state index contributed by atoms with van der Waals surface area (Å²) in [5, 5.41) is 0. The zero-order valence-corrected chi connectivity index (χ0v) is 19.9. The molecule has 178 valence electrons. The lowest BCUT2D eigenvalue weighted by Gasteiger charge is -2.32. The molecule has 7 heteroatoms. The molecule has 0 spiro atoms. The molecule has 1 N–H and O–H groups in total. The Labute approximate surface area is 201 Å². The zero-order chi connectivity index (χ0) is 23.8. The van der Waals surface area contributed by atoms with Crippen LogP contribution >= 0.6 is 0 Å². The van der Waals surface area contributed by atoms with Crippen LogP contribution in [0.1, 0.15) is 16.7 Å². The molecular weight excluding hydrogens is 450 g/mol. The zero-order valence-electron chi connectivity index (χ0n) is 19.0. The molecule has 0 saturated heterocycles. The SMILES string of the molecule is Cc1ccc(S(=O)(=O)NC2C=C[C@H](OCc3ccccc3)[C@@H](COCc3ccccc3)O2)cc1. The van der Waals surface area contributed by atoms with Gasteiger partial charge >= 0.3 is 0 Å². The molecular formula is C27H29NO5S. The van der Waals surface area contributed by atoms with Gasteiger partial charge in [0.05, 0.1) is 24.7 Å². The third-order valence-corrected chi connectivity index (χ3v) is 6.88. The van der Waals surface area contributed by atoms with Gasteiger partial charge in [-0.25, -0.2) is 8.42 Å². The second-order valence-electron chi connectivity index (χ2n) is 8.18. The van der Waals surface area contributed by atoms with Gasteiger partial charge in [0.1, 0.15) is 18.4 Å². The number of rotatable bonds is 10. The summed E-state index contributed by atoms with van der Waals surface area (Å²) in [6, 6.07) is 26.4. The second kappa shape index (κ2) is 11.6. The van der Waals surface area contributed by atoms with Crippen molar-refractivity contribution < 1.29 is 22.6 Å². The van der Waals surface area contributed by atoms with E-state index in [9.17, 15) is 8.42 Å². The van der Waals surface area contributed by atoms with Gasteiger partial charge in [-0.1, -0.05) is 84.4 Å². The predicted octanol–water partition coefficient (Wildman–Crippen LogP) is 4.36. The Hall–Kier alpha value is -2.81. The number of hydrogen-bond donors (Lipinski definition) is 1. The topological polar surface area (TPSA) is 73.9 Å². The van der Waals surface area contributed by atoms with Gasteiger partial charge in [-0.15, -0.1) is 0 Å². The van der Waals surface area contributed by atoms with E-state index in [4.69, 9.17) is 14.2 Å². The fourth-order valence-corrected chi connectivity index (χ4v) is 4.65. The van der Waals surface area contributed by atoms with Crippen molar-refractivity contribution >= 4 is 10.0 Å². The van der Waals surface area contributed by atoms with Crippen molar-refractivity contribution in [2.75, 3.05) is 6.61 Å². The Morgan fingerprint density at radius 3 is 2.09 bits per heavy atom. The molecule has 0 bridgehead atoms. The summed E-state index contributed by atoms with van der Waals surface area (Å²) in [5.74, 6) is 0. The first-order valence-corrected chi connectivity index (χ1v) is 12.7. The van der Waals surface area contributed by atoms with Crippen molar-refractivity contribution in [3.63, 3.8) is 0 Å². The Morgan fingerprint density at radius 2 is 1.44 bits per heavy atom. The highest BCUT2D eigenvalue weighted by Gasteiger charge is 2.31. The summed E-state index contributed by atoms with van der Waals surface area (Å²) >= 11 is 0. The van der Waals surface area contributed by atoms with Crippen molar-refractivity contribution in [3.8, 4) is 0 Å². The number of benzene rings is 3. The van der Waals surface area contributed by atoms with Crippen LogP contribution in [0.3, 0.4) is 0 Å². The van der Waals surface area contributed by atoms with Crippen LogP contribution in [-0.2, 0) is 37.4 Å². The summed E-state index contributed by atoms with van der Waals surface area (Å²) in [7, 11) is -3.74. The van der Waals surface area contributed by atoms with Crippen LogP contribution in [0.2, 0.25) is 0 Å². The number of sulfonamides is 1. The molecule has 1 heterocycles. The van der Waals surface area contributed by atoms with E-state index >= 15 is 0 Å². The number of hydrogen-bond acceptors (Lipinski definition) is 5. The minimum absolute atomic E-state index is 0.189. The maximum atomic E-state index is 12.8. The highest BCUT2D eigenvalue weighted by Crippen LogP contribution is 2.20. The number of aryl methyl sites for hydroxylation is 1. The van der Waals surface area contributed by atoms with Gasteiger partial charge in [-0.3, -0.25) is 0 Å². The summed E-state index contributed by atoms with van der Waals surface area (Å²) in [6.07, 6.45) is 1.83. The van der Waals surface area contributed by atoms with E-state index in [0.29, 0.717) is 13.2 Å². The van der Waals surface area contributed by atoms with Gasteiger partial charge in [0.15, 0.2) is 0 Å². The first-order valence-electron chi connectivity index (χ1n) is 11.2. The second-order valence-corrected chi connectivity index (χ2v) is 9.89. The van der Waals surface area contributed by atoms with Crippen molar-refractivity contribution in [2.45, 2.75) is 43.5 Å². The highest BCUT2D eigenvalue weighted by atomic mass is 32.2. The fraction of sp³-hybridized carbons (Fsp3) is 0.259. The summed E-state index contributed by atoms with van der Waals surface area (Å²) in [4.78, 5) is 0.189. The smallest absolute Gasteiger partial charge is 0.242 e. The lowest BCUT2D eigenvalue weighted by molar-refractivity contribution is -0.120. The Kier molecular flexibility index (Phi) is 8.26. The molecule has 3 aromatic carbocycles. The van der Waals surface area contributed by atoms with Gasteiger partial charge in [-0.05, 0) is 36.3 Å². The highest BCUT2D eigenvalue weighted by molar-refractivity contribution is 7.89. The largest absolute Gasteiger partial charge is 0.374 e. The molecule has 0 radical (unpaired) electrons. The molecule has 4 rings (SSSR count). The molecule has 3 atom stereocenters. The summed E-state index contributed by atoms with van der Waals surface area (Å²) in [5.41, 5.74) is 3.08. The first kappa shape index (κ1) is 24.3. The molecule has 0 saturated carbocycles. The van der Waals surface area contributed by atoms with Gasteiger partial charge in [0.2, 0.25) is 10.0 Å². The molecule has 0 fully saturated rings. The Balaban J connectivity index is 1.42. The maximum Gasteiger partial charge on any atom is 0.242 e. The van der Waals surface area contributed by atoms with Gasteiger partial charge in [0.25, 0.3) is 0 Å². The minimum atomic E-state index is -3.74. The molecule has 1 unspecified atom stereocenters. The standard InChI is InChI=1S/C27H29NO5S/c1-21-12-14-24(15-13-21)34(29,30)28-27-17-16-25(32-19-23-10-6-3-7-11-23)26(33-27)20-31-18-22-8-4-2-5-9-22/h2-17,25-28H,18-20H2,1H3/t25-,26+,27?/m0/s1. The van der Waals surface area contributed by atoms with E-state index in [0.717, 1.165) is 16.7 Å². The van der Waals surface area contributed by atoms with Crippen LogP contribution in [0.4, 0.5) is 0 Å². The quantitative estimate of drug-likeness (QED) is 0.438. The minimum Gasteiger partial charge on any atom is -0.374 e. The van der Waals surface area contributed by atoms with Crippen LogP contribution < -0.4 is 4.72 Å². The number of ether oxygens (including phenoxy) is 3. The first-order chi connectivity index (χ1) is 16.5. The lowest BCUT2D eigenvalue weighted by Crippen LogP contribution is -2.46. The van der Waals surface area contributed by atoms with E-state index in [1.165, 1.54) is 0 Å². The van der Waals surface area contributed by atoms with Crippen LogP contribution in [0.15, 0.2) is 102 Å². The Bertz CT molecular complexity index is 1160. The fourth-order valence-electron chi connectivity index (χ4n) is 3.58. The average Bonchev–Trinajstić information content (AvgIpc) is 2.85. The lowest BCUT2D eigenvalue weighted by atomic mass is 10.1. The molecule has 1 aliphatic rings. The number of nitrogens with one attached hydrogen (secondary N) is 1. The van der Waals surface area contributed by atoms with Crippen molar-refractivity contribution in [1.82, 2.24) is 4.72 Å². The van der Waals surface area contributed by atoms with E-state index in [1.54, 1.807) is 30.3 Å². The van der Waals surface area contributed by atoms with Crippen LogP contribution in [0.25, 0.3) is 0 Å². The van der Waals surface area contributed by atoms with Crippen molar-refractivity contribution in [1.29, 1.82) is 0 Å². The molecule has 1 aliphatic heterocycles. The molecule has 0 aliphatic carbocycles. The van der Waals surface area contributed by atoms with Crippen LogP contribution in [0.5, 0.6) is 0 Å². The van der Waals surface area contributed by atoms with E-state index in [2.05, 4.69) is 4.72 Å². The summed E-state index contributed by atoms with van der Waals surface area (Å²) < 4.78 is 46.3. The molecule has 34 heavy (non-hydrogen) atoms. The molecule has 0 aromatic heterocycles. The van der Waals surface area contributed by atoms with Gasteiger partial charge in [-0.2, -0.15) is 4.72 Å². The van der Waals surface area contributed by atoms with Crippen LogP contribution in [0, 0.1) is 6.92 Å². The third kappa shape index (κ3) is 6.85. The van der Waals surface area contributed by atoms with E-state index in [-0.39, 0.29) is 17.6 Å². The third-order valence-electron chi connectivity index (χ3n) is 5.44. The van der Waals surface area contributed by atoms with Crippen molar-refractivity contribution in [2.24, 2.45) is 0 Å². The average molecular weight is 480 g/mol.